The Morgan fingerprint density at radius 1 is 0.508 bits per heavy atom. The van der Waals surface area contributed by atoms with Crippen LogP contribution in [0, 0.1) is 5.92 Å². The Kier molecular flexibility index (Phi) is 14.9. The number of nitrogens with zero attached hydrogens (tertiary/aromatic N) is 1. The second kappa shape index (κ2) is 21.2. The molecule has 8 rings (SSSR count). The van der Waals surface area contributed by atoms with Crippen LogP contribution in [0.25, 0.3) is 0 Å². The normalized spacial score (nSPS) is 27.4. The van der Waals surface area contributed by atoms with Gasteiger partial charge in [0.05, 0.1) is 45.7 Å². The number of amides is 1. The van der Waals surface area contributed by atoms with Crippen molar-refractivity contribution < 1.29 is 47.4 Å². The maximum absolute atomic E-state index is 13.7. The first-order valence-electron chi connectivity index (χ1n) is 21.1. The van der Waals surface area contributed by atoms with Gasteiger partial charge in [0.25, 0.3) is 0 Å². The Bertz CT molecular complexity index is 2050. The smallest absolute Gasteiger partial charge is 0.410 e. The van der Waals surface area contributed by atoms with Crippen LogP contribution in [0.3, 0.4) is 0 Å². The Morgan fingerprint density at radius 2 is 0.967 bits per heavy atom. The third-order valence-corrected chi connectivity index (χ3v) is 11.6. The summed E-state index contributed by atoms with van der Waals surface area (Å²) in [5.41, 5.74) is 5.01. The Labute approximate surface area is 358 Å². The SMILES string of the molecule is CO[C@H]1OC(CO[C@H]2OC(COCc3ccccc3)[C@@H](C)[C@@H]3OC(=O)N(Cc4ccccc4)C23)[C@@H](OCc2ccccc2)[C@H](OCc2ccccc2)C1OCc1ccccc1. The number of benzene rings is 5. The van der Waals surface area contributed by atoms with Gasteiger partial charge in [0.15, 0.2) is 12.6 Å². The molecule has 11 nitrogen and oxygen atoms in total. The molecule has 0 bridgehead atoms. The highest BCUT2D eigenvalue weighted by Gasteiger charge is 2.56. The van der Waals surface area contributed by atoms with Crippen LogP contribution in [0.5, 0.6) is 0 Å². The van der Waals surface area contributed by atoms with Gasteiger partial charge in [-0.3, -0.25) is 4.90 Å². The van der Waals surface area contributed by atoms with Gasteiger partial charge < -0.3 is 42.6 Å². The van der Waals surface area contributed by atoms with Gasteiger partial charge in [0, 0.05) is 19.6 Å². The van der Waals surface area contributed by atoms with Gasteiger partial charge in [-0.05, 0) is 27.8 Å². The number of carbonyl (C=O) groups excluding carboxylic acids is 1. The van der Waals surface area contributed by atoms with E-state index in [2.05, 4.69) is 0 Å². The molecule has 3 fully saturated rings. The summed E-state index contributed by atoms with van der Waals surface area (Å²) in [5, 5.41) is 0. The molecule has 0 saturated carbocycles. The van der Waals surface area contributed by atoms with Gasteiger partial charge in [-0.15, -0.1) is 0 Å². The molecule has 10 atom stereocenters. The van der Waals surface area contributed by atoms with Crippen molar-refractivity contribution >= 4 is 6.09 Å². The van der Waals surface area contributed by atoms with Crippen molar-refractivity contribution in [3.05, 3.63) is 179 Å². The molecule has 0 aromatic heterocycles. The summed E-state index contributed by atoms with van der Waals surface area (Å²) in [5.74, 6) is -0.186. The summed E-state index contributed by atoms with van der Waals surface area (Å²) in [6.45, 7) is 3.98. The van der Waals surface area contributed by atoms with Crippen molar-refractivity contribution in [2.24, 2.45) is 5.92 Å². The van der Waals surface area contributed by atoms with E-state index in [1.165, 1.54) is 0 Å². The molecule has 0 aliphatic carbocycles. The average Bonchev–Trinajstić information content (AvgIpc) is 3.64. The predicted octanol–water partition coefficient (Wildman–Crippen LogP) is 8.10. The van der Waals surface area contributed by atoms with Gasteiger partial charge in [-0.1, -0.05) is 159 Å². The van der Waals surface area contributed by atoms with Crippen molar-refractivity contribution in [3.63, 3.8) is 0 Å². The van der Waals surface area contributed by atoms with Gasteiger partial charge in [-0.2, -0.15) is 0 Å². The first-order valence-corrected chi connectivity index (χ1v) is 21.1. The summed E-state index contributed by atoms with van der Waals surface area (Å²) in [7, 11) is 1.60. The van der Waals surface area contributed by atoms with Crippen molar-refractivity contribution in [1.82, 2.24) is 4.90 Å². The number of carbonyl (C=O) groups is 1. The number of rotatable bonds is 19. The zero-order valence-electron chi connectivity index (χ0n) is 34.7. The van der Waals surface area contributed by atoms with Gasteiger partial charge in [-0.25, -0.2) is 4.79 Å². The molecule has 61 heavy (non-hydrogen) atoms. The molecule has 11 heteroatoms. The van der Waals surface area contributed by atoms with E-state index >= 15 is 0 Å². The molecule has 1 amide bonds. The van der Waals surface area contributed by atoms with Crippen LogP contribution in [0.15, 0.2) is 152 Å². The molecular formula is C50H55NO10. The zero-order chi connectivity index (χ0) is 41.8. The van der Waals surface area contributed by atoms with E-state index in [4.69, 9.17) is 42.6 Å². The maximum Gasteiger partial charge on any atom is 0.410 e. The number of methoxy groups -OCH3 is 1. The molecule has 0 N–H and O–H groups in total. The lowest BCUT2D eigenvalue weighted by molar-refractivity contribution is -0.333. The van der Waals surface area contributed by atoms with Gasteiger partial charge in [0.2, 0.25) is 0 Å². The number of ether oxygens (including phenoxy) is 9. The highest BCUT2D eigenvalue weighted by atomic mass is 16.7. The van der Waals surface area contributed by atoms with Crippen LogP contribution in [-0.4, -0.2) is 86.6 Å². The minimum Gasteiger partial charge on any atom is -0.443 e. The maximum atomic E-state index is 13.7. The summed E-state index contributed by atoms with van der Waals surface area (Å²) in [6.07, 6.45) is -5.79. The zero-order valence-corrected chi connectivity index (χ0v) is 34.7. The summed E-state index contributed by atoms with van der Waals surface area (Å²) >= 11 is 0. The predicted molar refractivity (Wildman–Crippen MR) is 227 cm³/mol. The quantitative estimate of drug-likeness (QED) is 0.0812. The van der Waals surface area contributed by atoms with E-state index in [0.29, 0.717) is 26.4 Å². The average molecular weight is 830 g/mol. The van der Waals surface area contributed by atoms with Crippen LogP contribution in [0.4, 0.5) is 4.79 Å². The van der Waals surface area contributed by atoms with E-state index in [1.807, 2.05) is 159 Å². The van der Waals surface area contributed by atoms with Crippen LogP contribution in [0.2, 0.25) is 0 Å². The fraction of sp³-hybridized carbons (Fsp3) is 0.380. The summed E-state index contributed by atoms with van der Waals surface area (Å²) in [6, 6.07) is 49.2. The first-order chi connectivity index (χ1) is 30.0. The van der Waals surface area contributed by atoms with Gasteiger partial charge >= 0.3 is 6.09 Å². The molecular weight excluding hydrogens is 775 g/mol. The molecule has 3 saturated heterocycles. The summed E-state index contributed by atoms with van der Waals surface area (Å²) in [4.78, 5) is 15.4. The lowest BCUT2D eigenvalue weighted by Gasteiger charge is -2.47. The van der Waals surface area contributed by atoms with Crippen molar-refractivity contribution in [3.8, 4) is 0 Å². The van der Waals surface area contributed by atoms with Crippen molar-refractivity contribution in [2.75, 3.05) is 20.3 Å². The number of hydrogen-bond acceptors (Lipinski definition) is 10. The molecule has 5 aromatic rings. The van der Waals surface area contributed by atoms with Crippen LogP contribution in [0.1, 0.15) is 34.7 Å². The second-order valence-electron chi connectivity index (χ2n) is 15.8. The lowest BCUT2D eigenvalue weighted by atomic mass is 9.89. The minimum absolute atomic E-state index is 0.0170. The molecule has 320 valence electrons. The van der Waals surface area contributed by atoms with Crippen molar-refractivity contribution in [2.45, 2.75) is 95.1 Å². The third kappa shape index (κ3) is 10.9. The van der Waals surface area contributed by atoms with Crippen LogP contribution in [-0.2, 0) is 75.6 Å². The minimum atomic E-state index is -0.892. The summed E-state index contributed by atoms with van der Waals surface area (Å²) < 4.78 is 59.1. The number of fused-ring (bicyclic) bond motifs is 1. The van der Waals surface area contributed by atoms with E-state index < -0.39 is 61.3 Å². The first kappa shape index (κ1) is 42.7. The van der Waals surface area contributed by atoms with Crippen LogP contribution < -0.4 is 0 Å². The monoisotopic (exact) mass is 829 g/mol. The Balaban J connectivity index is 1.07. The standard InChI is InChI=1S/C50H55NO10/c1-35-41(33-54-29-37-20-10-4-11-21-37)59-48(43-44(35)61-50(52)51(43)28-36-18-8-3-9-19-36)58-34-42-45(55-30-38-22-12-5-13-23-38)46(56-31-39-24-14-6-15-25-39)47(49(53-2)60-42)57-32-40-26-16-7-17-27-40/h3-27,35,41-49H,28-34H2,1-2H3/t35-,41?,42?,43?,44+,45-,46+,47?,48+,49+/m1/s1. The molecule has 0 radical (unpaired) electrons. The second-order valence-corrected chi connectivity index (χ2v) is 15.8. The molecule has 4 unspecified atom stereocenters. The van der Waals surface area contributed by atoms with E-state index in [1.54, 1.807) is 12.0 Å². The molecule has 3 heterocycles. The third-order valence-electron chi connectivity index (χ3n) is 11.6. The Morgan fingerprint density at radius 3 is 1.49 bits per heavy atom. The van der Waals surface area contributed by atoms with E-state index in [-0.39, 0.29) is 25.7 Å². The number of hydrogen-bond donors (Lipinski definition) is 0. The van der Waals surface area contributed by atoms with E-state index in [9.17, 15) is 4.79 Å². The topological polar surface area (TPSA) is 103 Å². The lowest BCUT2D eigenvalue weighted by Crippen LogP contribution is -2.63. The van der Waals surface area contributed by atoms with Crippen LogP contribution >= 0.6 is 0 Å². The fourth-order valence-electron chi connectivity index (χ4n) is 8.27. The molecule has 0 spiro atoms. The highest BCUT2D eigenvalue weighted by molar-refractivity contribution is 5.71. The van der Waals surface area contributed by atoms with E-state index in [0.717, 1.165) is 27.8 Å². The van der Waals surface area contributed by atoms with Crippen molar-refractivity contribution in [1.29, 1.82) is 0 Å². The highest BCUT2D eigenvalue weighted by Crippen LogP contribution is 2.39. The van der Waals surface area contributed by atoms with Gasteiger partial charge in [0.1, 0.15) is 36.6 Å². The Hall–Kier alpha value is -4.95. The molecule has 5 aromatic carbocycles. The largest absolute Gasteiger partial charge is 0.443 e. The molecule has 3 aliphatic rings. The fourth-order valence-corrected chi connectivity index (χ4v) is 8.27. The molecule has 3 aliphatic heterocycles.